The molecule has 3 N–H and O–H groups in total. The molecule has 1 fully saturated rings. The summed E-state index contributed by atoms with van der Waals surface area (Å²) >= 11 is 7.85. The highest BCUT2D eigenvalue weighted by atomic mass is 35.5. The van der Waals surface area contributed by atoms with Gasteiger partial charge in [-0.25, -0.2) is 4.98 Å². The molecule has 21 heavy (non-hydrogen) atoms. The van der Waals surface area contributed by atoms with Crippen LogP contribution in [-0.2, 0) is 0 Å². The molecule has 110 valence electrons. The molecule has 0 amide bonds. The molecule has 0 radical (unpaired) electrons. The molecule has 0 atom stereocenters. The lowest BCUT2D eigenvalue weighted by molar-refractivity contribution is 0.652. The Bertz CT molecular complexity index is 635. The first-order valence-electron chi connectivity index (χ1n) is 6.69. The summed E-state index contributed by atoms with van der Waals surface area (Å²) in [6.07, 6.45) is 1.83. The number of thiazole rings is 1. The van der Waals surface area contributed by atoms with Gasteiger partial charge in [0.25, 0.3) is 0 Å². The number of nitrogens with zero attached hydrogens (tertiary/aromatic N) is 3. The van der Waals surface area contributed by atoms with E-state index in [9.17, 15) is 0 Å². The summed E-state index contributed by atoms with van der Waals surface area (Å²) < 4.78 is 0. The minimum absolute atomic E-state index is 0.0120. The summed E-state index contributed by atoms with van der Waals surface area (Å²) in [5.41, 5.74) is 7.25. The fourth-order valence-corrected chi connectivity index (χ4v) is 3.52. The number of anilines is 2. The Morgan fingerprint density at radius 1 is 1.24 bits per heavy atom. The molecule has 5 nitrogen and oxygen atoms in total. The highest BCUT2D eigenvalue weighted by Gasteiger charge is 2.22. The van der Waals surface area contributed by atoms with Gasteiger partial charge in [0.05, 0.1) is 10.6 Å². The zero-order valence-corrected chi connectivity index (χ0v) is 13.0. The van der Waals surface area contributed by atoms with Crippen LogP contribution >= 0.6 is 22.9 Å². The lowest BCUT2D eigenvalue weighted by atomic mass is 10.1. The summed E-state index contributed by atoms with van der Waals surface area (Å²) in [6, 6.07) is 5.65. The minimum Gasteiger partial charge on any atom is -0.384 e. The Balaban J connectivity index is 1.78. The van der Waals surface area contributed by atoms with Gasteiger partial charge >= 0.3 is 0 Å². The molecule has 1 saturated heterocycles. The summed E-state index contributed by atoms with van der Waals surface area (Å²) in [7, 11) is 0. The van der Waals surface area contributed by atoms with Crippen molar-refractivity contribution in [1.29, 1.82) is 5.41 Å². The molecule has 1 aliphatic heterocycles. The van der Waals surface area contributed by atoms with Gasteiger partial charge < -0.3 is 15.5 Å². The quantitative estimate of drug-likeness (QED) is 0.673. The zero-order valence-electron chi connectivity index (χ0n) is 11.4. The van der Waals surface area contributed by atoms with Crippen molar-refractivity contribution in [1.82, 2.24) is 4.98 Å². The maximum Gasteiger partial charge on any atom is 0.185 e. The number of aromatic nitrogens is 1. The highest BCUT2D eigenvalue weighted by molar-refractivity contribution is 7.13. The number of rotatable bonds is 3. The molecule has 3 rings (SSSR count). The van der Waals surface area contributed by atoms with E-state index < -0.39 is 0 Å². The fraction of sp³-hybridized carbons (Fsp3) is 0.286. The summed E-state index contributed by atoms with van der Waals surface area (Å²) in [5.74, 6) is 0.0120. The zero-order chi connectivity index (χ0) is 14.8. The number of hydrogen-bond donors (Lipinski definition) is 2. The number of amidine groups is 1. The Labute approximate surface area is 132 Å². The van der Waals surface area contributed by atoms with Crippen molar-refractivity contribution in [2.24, 2.45) is 5.73 Å². The first-order chi connectivity index (χ1) is 10.2. The van der Waals surface area contributed by atoms with Gasteiger partial charge in [-0.1, -0.05) is 17.7 Å². The molecule has 0 unspecified atom stereocenters. The molecule has 1 aromatic carbocycles. The van der Waals surface area contributed by atoms with E-state index in [0.29, 0.717) is 10.6 Å². The first kappa shape index (κ1) is 14.2. The third-order valence-electron chi connectivity index (χ3n) is 3.57. The molecule has 1 aliphatic rings. The lowest BCUT2D eigenvalue weighted by Crippen LogP contribution is -2.47. The predicted octanol–water partition coefficient (Wildman–Crippen LogP) is 2.41. The van der Waals surface area contributed by atoms with Gasteiger partial charge in [-0.05, 0) is 12.1 Å². The molecule has 2 aromatic rings. The van der Waals surface area contributed by atoms with Crippen molar-refractivity contribution in [2.45, 2.75) is 0 Å². The lowest BCUT2D eigenvalue weighted by Gasteiger charge is -2.36. The SMILES string of the molecule is N=C(N)c1c(Cl)cccc1N1CCN(c2nccs2)CC1. The van der Waals surface area contributed by atoms with E-state index in [2.05, 4.69) is 14.8 Å². The minimum atomic E-state index is 0.0120. The van der Waals surface area contributed by atoms with Gasteiger partial charge in [-0.3, -0.25) is 5.41 Å². The standard InChI is InChI=1S/C14H16ClN5S/c15-10-2-1-3-11(12(10)13(16)17)19-5-7-20(8-6-19)14-18-4-9-21-14/h1-4,9H,5-8H2,(H3,16,17). The van der Waals surface area contributed by atoms with Gasteiger partial charge in [0, 0.05) is 43.4 Å². The van der Waals surface area contributed by atoms with E-state index in [1.54, 1.807) is 17.4 Å². The maximum absolute atomic E-state index is 7.74. The number of nitrogens with one attached hydrogen (secondary N) is 1. The average molecular weight is 322 g/mol. The van der Waals surface area contributed by atoms with Gasteiger partial charge in [0.15, 0.2) is 5.13 Å². The van der Waals surface area contributed by atoms with Crippen LogP contribution in [0.15, 0.2) is 29.8 Å². The fourth-order valence-electron chi connectivity index (χ4n) is 2.55. The van der Waals surface area contributed by atoms with Crippen molar-refractivity contribution in [2.75, 3.05) is 36.0 Å². The second-order valence-corrected chi connectivity index (χ2v) is 6.12. The van der Waals surface area contributed by atoms with Crippen molar-refractivity contribution in [3.8, 4) is 0 Å². The number of benzene rings is 1. The van der Waals surface area contributed by atoms with Crippen LogP contribution in [0.3, 0.4) is 0 Å². The number of piperazine rings is 1. The van der Waals surface area contributed by atoms with Crippen LogP contribution in [0, 0.1) is 5.41 Å². The van der Waals surface area contributed by atoms with Crippen molar-refractivity contribution >= 4 is 39.6 Å². The highest BCUT2D eigenvalue weighted by Crippen LogP contribution is 2.29. The number of hydrogen-bond acceptors (Lipinski definition) is 5. The number of nitrogen functional groups attached to an aromatic ring is 1. The van der Waals surface area contributed by atoms with Crippen molar-refractivity contribution in [3.05, 3.63) is 40.4 Å². The summed E-state index contributed by atoms with van der Waals surface area (Å²) in [5, 5.41) is 11.3. The van der Waals surface area contributed by atoms with E-state index in [1.165, 1.54) is 0 Å². The monoisotopic (exact) mass is 321 g/mol. The van der Waals surface area contributed by atoms with E-state index in [1.807, 2.05) is 23.7 Å². The molecule has 7 heteroatoms. The number of halogens is 1. The van der Waals surface area contributed by atoms with Crippen LogP contribution in [0.4, 0.5) is 10.8 Å². The van der Waals surface area contributed by atoms with E-state index >= 15 is 0 Å². The number of nitrogens with two attached hydrogens (primary N) is 1. The van der Waals surface area contributed by atoms with Crippen LogP contribution in [0.25, 0.3) is 0 Å². The van der Waals surface area contributed by atoms with Gasteiger partial charge in [0.1, 0.15) is 5.84 Å². The molecular weight excluding hydrogens is 306 g/mol. The van der Waals surface area contributed by atoms with Crippen LogP contribution < -0.4 is 15.5 Å². The van der Waals surface area contributed by atoms with Crippen molar-refractivity contribution < 1.29 is 0 Å². The average Bonchev–Trinajstić information content (AvgIpc) is 3.01. The molecule has 0 spiro atoms. The van der Waals surface area contributed by atoms with Crippen LogP contribution in [0.5, 0.6) is 0 Å². The molecule has 0 bridgehead atoms. The third kappa shape index (κ3) is 2.82. The molecule has 2 heterocycles. The normalized spacial score (nSPS) is 15.3. The molecule has 1 aromatic heterocycles. The smallest absolute Gasteiger partial charge is 0.185 e. The first-order valence-corrected chi connectivity index (χ1v) is 7.95. The Morgan fingerprint density at radius 2 is 1.95 bits per heavy atom. The summed E-state index contributed by atoms with van der Waals surface area (Å²) in [6.45, 7) is 3.52. The molecule has 0 aliphatic carbocycles. The topological polar surface area (TPSA) is 69.2 Å². The van der Waals surface area contributed by atoms with Gasteiger partial charge in [0.2, 0.25) is 0 Å². The summed E-state index contributed by atoms with van der Waals surface area (Å²) in [4.78, 5) is 8.85. The largest absolute Gasteiger partial charge is 0.384 e. The third-order valence-corrected chi connectivity index (χ3v) is 4.72. The second kappa shape index (κ2) is 5.91. The molecule has 0 saturated carbocycles. The maximum atomic E-state index is 7.74. The Hall–Kier alpha value is -1.79. The van der Waals surface area contributed by atoms with Crippen LogP contribution in [0.2, 0.25) is 5.02 Å². The molecular formula is C14H16ClN5S. The Kier molecular flexibility index (Phi) is 3.98. The predicted molar refractivity (Wildman–Crippen MR) is 89.0 cm³/mol. The second-order valence-electron chi connectivity index (χ2n) is 4.84. The van der Waals surface area contributed by atoms with Crippen LogP contribution in [0.1, 0.15) is 5.56 Å². The Morgan fingerprint density at radius 3 is 2.57 bits per heavy atom. The van der Waals surface area contributed by atoms with Crippen LogP contribution in [-0.4, -0.2) is 37.0 Å². The van der Waals surface area contributed by atoms with E-state index in [-0.39, 0.29) is 5.84 Å². The van der Waals surface area contributed by atoms with Gasteiger partial charge in [-0.2, -0.15) is 0 Å². The van der Waals surface area contributed by atoms with E-state index in [0.717, 1.165) is 37.0 Å². The van der Waals surface area contributed by atoms with E-state index in [4.69, 9.17) is 22.7 Å². The van der Waals surface area contributed by atoms with Crippen molar-refractivity contribution in [3.63, 3.8) is 0 Å². The van der Waals surface area contributed by atoms with Gasteiger partial charge in [-0.15, -0.1) is 11.3 Å².